The zero-order chi connectivity index (χ0) is 37.9. The van der Waals surface area contributed by atoms with Crippen molar-refractivity contribution in [2.24, 2.45) is 5.92 Å². The normalized spacial score (nSPS) is 21.4. The number of nitrogens with one attached hydrogen (secondary N) is 1. The standard InChI is InChI=1S/C42H49N3O7Si/c1-28-39(53(4,5)34-20-18-33(51-3)19-21-34)37(25-38(48)44(22-23-46)26-30-12-7-6-8-13-30)52-42(28)35-16-9-10-17-36(35)45(41(42)50)27-31-14-11-15-32(24-31)43-40(49)29(2)47/h6-21,24,28-29,37,39,46-47H,22-23,25-27H2,1-5H3,(H,43,49)/t28-,29+,37+,39-,42+/m1/s1. The van der Waals surface area contributed by atoms with Crippen molar-refractivity contribution in [3.8, 4) is 5.75 Å². The molecule has 0 unspecified atom stereocenters. The van der Waals surface area contributed by atoms with Gasteiger partial charge in [0, 0.05) is 30.3 Å². The van der Waals surface area contributed by atoms with E-state index in [0.717, 1.165) is 33.3 Å². The van der Waals surface area contributed by atoms with Gasteiger partial charge in [0.2, 0.25) is 5.91 Å². The fourth-order valence-electron chi connectivity index (χ4n) is 8.32. The number of benzene rings is 4. The number of fused-ring (bicyclic) bond motifs is 2. The summed E-state index contributed by atoms with van der Waals surface area (Å²) in [5.41, 5.74) is 2.28. The molecule has 3 amide bonds. The van der Waals surface area contributed by atoms with Crippen LogP contribution in [0.4, 0.5) is 11.4 Å². The molecule has 53 heavy (non-hydrogen) atoms. The van der Waals surface area contributed by atoms with Gasteiger partial charge in [0.05, 0.1) is 46.5 Å². The topological polar surface area (TPSA) is 129 Å². The van der Waals surface area contributed by atoms with Gasteiger partial charge in [0.1, 0.15) is 11.9 Å². The Morgan fingerprint density at radius 2 is 1.66 bits per heavy atom. The highest BCUT2D eigenvalue weighted by Gasteiger charge is 2.66. The molecule has 278 valence electrons. The van der Waals surface area contributed by atoms with Crippen LogP contribution < -0.4 is 20.1 Å². The molecule has 5 atom stereocenters. The number of aliphatic hydroxyl groups excluding tert-OH is 2. The maximum absolute atomic E-state index is 15.1. The average molecular weight is 736 g/mol. The molecule has 0 radical (unpaired) electrons. The summed E-state index contributed by atoms with van der Waals surface area (Å²) in [5, 5.41) is 23.6. The summed E-state index contributed by atoms with van der Waals surface area (Å²) >= 11 is 0. The van der Waals surface area contributed by atoms with Gasteiger partial charge in [-0.15, -0.1) is 0 Å². The van der Waals surface area contributed by atoms with E-state index in [1.165, 1.54) is 6.92 Å². The van der Waals surface area contributed by atoms with Gasteiger partial charge in [-0.25, -0.2) is 0 Å². The summed E-state index contributed by atoms with van der Waals surface area (Å²) in [6.45, 7) is 8.63. The van der Waals surface area contributed by atoms with Crippen molar-refractivity contribution in [3.05, 3.63) is 120 Å². The number of carbonyl (C=O) groups excluding carboxylic acids is 3. The molecule has 4 aromatic rings. The van der Waals surface area contributed by atoms with E-state index in [4.69, 9.17) is 9.47 Å². The summed E-state index contributed by atoms with van der Waals surface area (Å²) in [6.07, 6.45) is -1.70. The number of ether oxygens (including phenoxy) is 2. The highest BCUT2D eigenvalue weighted by Crippen LogP contribution is 2.60. The number of carbonyl (C=O) groups is 3. The molecule has 1 fully saturated rings. The maximum Gasteiger partial charge on any atom is 0.264 e. The van der Waals surface area contributed by atoms with Gasteiger partial charge in [-0.2, -0.15) is 0 Å². The van der Waals surface area contributed by atoms with Gasteiger partial charge in [0.25, 0.3) is 11.8 Å². The van der Waals surface area contributed by atoms with Crippen LogP contribution in [0.3, 0.4) is 0 Å². The van der Waals surface area contributed by atoms with E-state index in [2.05, 4.69) is 37.5 Å². The number of anilines is 2. The molecule has 0 aromatic heterocycles. The molecular formula is C42H49N3O7Si. The van der Waals surface area contributed by atoms with E-state index in [-0.39, 0.29) is 49.4 Å². The summed E-state index contributed by atoms with van der Waals surface area (Å²) in [5.74, 6) is -0.412. The number of nitrogens with zero attached hydrogens (tertiary/aromatic N) is 2. The van der Waals surface area contributed by atoms with E-state index in [1.807, 2.05) is 72.8 Å². The van der Waals surface area contributed by atoms with E-state index < -0.39 is 31.8 Å². The Morgan fingerprint density at radius 3 is 2.34 bits per heavy atom. The third-order valence-corrected chi connectivity index (χ3v) is 15.3. The first kappa shape index (κ1) is 37.9. The first-order valence-electron chi connectivity index (χ1n) is 18.1. The van der Waals surface area contributed by atoms with Crippen LogP contribution in [-0.4, -0.2) is 73.4 Å². The Bertz CT molecular complexity index is 1940. The molecule has 2 aliphatic rings. The predicted octanol–water partition coefficient (Wildman–Crippen LogP) is 5.19. The fraction of sp³-hybridized carbons (Fsp3) is 0.357. The highest BCUT2D eigenvalue weighted by molar-refractivity contribution is 6.91. The Hall–Kier alpha value is -4.81. The van der Waals surface area contributed by atoms with Crippen LogP contribution in [0.15, 0.2) is 103 Å². The molecule has 2 heterocycles. The van der Waals surface area contributed by atoms with Crippen LogP contribution in [0.25, 0.3) is 0 Å². The molecule has 4 aromatic carbocycles. The lowest BCUT2D eigenvalue weighted by molar-refractivity contribution is -0.150. The van der Waals surface area contributed by atoms with Gasteiger partial charge in [-0.1, -0.05) is 98.0 Å². The number of methoxy groups -OCH3 is 1. The van der Waals surface area contributed by atoms with E-state index in [0.29, 0.717) is 12.2 Å². The smallest absolute Gasteiger partial charge is 0.264 e. The highest BCUT2D eigenvalue weighted by atomic mass is 28.3. The third-order valence-electron chi connectivity index (χ3n) is 11.0. The monoisotopic (exact) mass is 735 g/mol. The second kappa shape index (κ2) is 15.7. The molecule has 0 saturated carbocycles. The van der Waals surface area contributed by atoms with Gasteiger partial charge in [-0.3, -0.25) is 14.4 Å². The second-order valence-electron chi connectivity index (χ2n) is 14.7. The Kier molecular flexibility index (Phi) is 11.2. The number of aliphatic hydroxyl groups is 2. The lowest BCUT2D eigenvalue weighted by Gasteiger charge is -2.37. The van der Waals surface area contributed by atoms with Crippen LogP contribution in [0.1, 0.15) is 37.0 Å². The van der Waals surface area contributed by atoms with Crippen molar-refractivity contribution in [1.29, 1.82) is 0 Å². The summed E-state index contributed by atoms with van der Waals surface area (Å²) < 4.78 is 12.6. The molecule has 10 nitrogen and oxygen atoms in total. The van der Waals surface area contributed by atoms with Crippen LogP contribution >= 0.6 is 0 Å². The number of rotatable bonds is 13. The van der Waals surface area contributed by atoms with Crippen LogP contribution in [-0.2, 0) is 37.8 Å². The molecule has 1 spiro atoms. The van der Waals surface area contributed by atoms with Gasteiger partial charge < -0.3 is 34.8 Å². The van der Waals surface area contributed by atoms with Crippen molar-refractivity contribution < 1.29 is 34.1 Å². The minimum absolute atomic E-state index is 0.0522. The zero-order valence-electron chi connectivity index (χ0n) is 31.0. The Balaban J connectivity index is 1.38. The van der Waals surface area contributed by atoms with Gasteiger partial charge >= 0.3 is 0 Å². The lowest BCUT2D eigenvalue weighted by atomic mass is 9.82. The molecule has 3 N–H and O–H groups in total. The molecule has 1 saturated heterocycles. The maximum atomic E-state index is 15.1. The first-order valence-corrected chi connectivity index (χ1v) is 21.2. The van der Waals surface area contributed by atoms with Crippen LogP contribution in [0.5, 0.6) is 5.75 Å². The molecule has 0 aliphatic carbocycles. The fourth-order valence-corrected chi connectivity index (χ4v) is 12.3. The molecule has 11 heteroatoms. The van der Waals surface area contributed by atoms with Gasteiger partial charge in [0.15, 0.2) is 5.60 Å². The average Bonchev–Trinajstić information content (AvgIpc) is 3.58. The van der Waals surface area contributed by atoms with Crippen LogP contribution in [0.2, 0.25) is 18.6 Å². The lowest BCUT2D eigenvalue weighted by Crippen LogP contribution is -2.52. The molecule has 0 bridgehead atoms. The van der Waals surface area contributed by atoms with E-state index >= 15 is 4.79 Å². The predicted molar refractivity (Wildman–Crippen MR) is 208 cm³/mol. The second-order valence-corrected chi connectivity index (χ2v) is 19.3. The zero-order valence-corrected chi connectivity index (χ0v) is 32.0. The van der Waals surface area contributed by atoms with Crippen molar-refractivity contribution in [2.45, 2.75) is 69.8 Å². The Labute approximate surface area is 312 Å². The Morgan fingerprint density at radius 1 is 0.981 bits per heavy atom. The van der Waals surface area contributed by atoms with Crippen LogP contribution in [0, 0.1) is 5.92 Å². The number of hydrogen-bond acceptors (Lipinski definition) is 7. The number of hydrogen-bond donors (Lipinski definition) is 3. The quantitative estimate of drug-likeness (QED) is 0.161. The first-order chi connectivity index (χ1) is 25.4. The van der Waals surface area contributed by atoms with Crippen molar-refractivity contribution in [3.63, 3.8) is 0 Å². The summed E-state index contributed by atoms with van der Waals surface area (Å²) in [6, 6.07) is 32.8. The minimum atomic E-state index is -2.51. The van der Waals surface area contributed by atoms with Crippen molar-refractivity contribution >= 4 is 42.4 Å². The summed E-state index contributed by atoms with van der Waals surface area (Å²) in [4.78, 5) is 45.0. The van der Waals surface area contributed by atoms with Crippen molar-refractivity contribution in [1.82, 2.24) is 4.90 Å². The van der Waals surface area contributed by atoms with E-state index in [1.54, 1.807) is 35.1 Å². The van der Waals surface area contributed by atoms with E-state index in [9.17, 15) is 19.8 Å². The number of amides is 3. The molecule has 6 rings (SSSR count). The SMILES string of the molecule is COc1ccc([Si](C)(C)[C@H]2[C@H](CC(=O)N(CCO)Cc3ccccc3)O[C@@]3(C(=O)N(Cc4cccc(NC(=O)[C@H](C)O)c4)c4ccccc43)[C@@H]2C)cc1. The minimum Gasteiger partial charge on any atom is -0.497 e. The van der Waals surface area contributed by atoms with Gasteiger partial charge in [-0.05, 0) is 53.9 Å². The molecule has 2 aliphatic heterocycles. The number of para-hydroxylation sites is 1. The van der Waals surface area contributed by atoms with Crippen molar-refractivity contribution in [2.75, 3.05) is 30.5 Å². The molecular weight excluding hydrogens is 687 g/mol. The summed E-state index contributed by atoms with van der Waals surface area (Å²) in [7, 11) is -0.868. The largest absolute Gasteiger partial charge is 0.497 e. The third kappa shape index (κ3) is 7.39.